The summed E-state index contributed by atoms with van der Waals surface area (Å²) < 4.78 is 3.20. The molecule has 1 aromatic carbocycles. The van der Waals surface area contributed by atoms with Crippen LogP contribution in [0.15, 0.2) is 41.6 Å². The Labute approximate surface area is 204 Å². The van der Waals surface area contributed by atoms with E-state index in [4.69, 9.17) is 0 Å². The number of carbonyl (C=O) groups excluding carboxylic acids is 1. The van der Waals surface area contributed by atoms with Crippen molar-refractivity contribution in [1.82, 2.24) is 29.1 Å². The third-order valence-electron chi connectivity index (χ3n) is 7.71. The lowest BCUT2D eigenvalue weighted by Gasteiger charge is -2.38. The fourth-order valence-electron chi connectivity index (χ4n) is 5.44. The van der Waals surface area contributed by atoms with Crippen LogP contribution in [0.4, 0.5) is 0 Å². The third-order valence-corrected chi connectivity index (χ3v) is 7.71. The van der Waals surface area contributed by atoms with E-state index in [1.807, 2.05) is 17.0 Å². The quantitative estimate of drug-likeness (QED) is 0.584. The van der Waals surface area contributed by atoms with Crippen LogP contribution >= 0.6 is 0 Å². The van der Waals surface area contributed by atoms with E-state index >= 15 is 0 Å². The minimum atomic E-state index is -1.03. The van der Waals surface area contributed by atoms with E-state index in [9.17, 15) is 14.7 Å². The normalized spacial score (nSPS) is 20.5. The van der Waals surface area contributed by atoms with Gasteiger partial charge >= 0.3 is 0 Å². The first-order valence-corrected chi connectivity index (χ1v) is 12.8. The number of benzene rings is 1. The lowest BCUT2D eigenvalue weighted by atomic mass is 9.91. The summed E-state index contributed by atoms with van der Waals surface area (Å²) in [6.07, 6.45) is 8.47. The summed E-state index contributed by atoms with van der Waals surface area (Å²) in [5, 5.41) is 16.1. The van der Waals surface area contributed by atoms with E-state index in [0.29, 0.717) is 37.0 Å². The average molecular weight is 477 g/mol. The van der Waals surface area contributed by atoms with E-state index in [1.165, 1.54) is 29.3 Å². The minimum Gasteiger partial charge on any atom is -0.388 e. The van der Waals surface area contributed by atoms with Gasteiger partial charge < -0.3 is 10.0 Å². The lowest BCUT2D eigenvalue weighted by molar-refractivity contribution is -0.137. The van der Waals surface area contributed by atoms with Crippen LogP contribution in [0.3, 0.4) is 0 Å². The molecule has 2 aliphatic heterocycles. The Hall–Kier alpha value is -3.04. The van der Waals surface area contributed by atoms with E-state index < -0.39 is 5.60 Å². The number of nitrogens with zero attached hydrogens (tertiary/aromatic N) is 6. The van der Waals surface area contributed by atoms with Crippen molar-refractivity contribution in [2.24, 2.45) is 5.92 Å². The van der Waals surface area contributed by atoms with Gasteiger partial charge in [-0.25, -0.2) is 9.67 Å². The van der Waals surface area contributed by atoms with Crippen LogP contribution in [0.2, 0.25) is 0 Å². The molecule has 3 aromatic rings. The first-order valence-electron chi connectivity index (χ1n) is 12.8. The summed E-state index contributed by atoms with van der Waals surface area (Å²) >= 11 is 0. The molecule has 1 amide bonds. The maximum absolute atomic E-state index is 13.2. The topological polar surface area (TPSA) is 96.5 Å². The van der Waals surface area contributed by atoms with Crippen LogP contribution in [0.5, 0.6) is 0 Å². The Kier molecular flexibility index (Phi) is 5.69. The molecular weight excluding hydrogens is 444 g/mol. The van der Waals surface area contributed by atoms with Gasteiger partial charge in [0.05, 0.1) is 24.0 Å². The standard InChI is InChI=1S/C26H32N6O3/c33-24(20-6-7-20)30-12-8-26(35,9-13-30)17-31-18-27-23-22(25(31)34)15-28-32(23)21-5-3-4-19(14-21)16-29-10-1-2-11-29/h3-5,14-15,18,20,35H,1-2,6-13,16-17H2. The second-order valence-corrected chi connectivity index (χ2v) is 10.4. The van der Waals surface area contributed by atoms with Crippen molar-refractivity contribution in [3.63, 3.8) is 0 Å². The number of amides is 1. The summed E-state index contributed by atoms with van der Waals surface area (Å²) in [5.41, 5.74) is 1.38. The first kappa shape index (κ1) is 22.4. The predicted octanol–water partition coefficient (Wildman–Crippen LogP) is 1.94. The molecule has 2 aromatic heterocycles. The molecule has 9 heteroatoms. The highest BCUT2D eigenvalue weighted by Crippen LogP contribution is 2.33. The van der Waals surface area contributed by atoms with Gasteiger partial charge in [0.15, 0.2) is 5.65 Å². The highest BCUT2D eigenvalue weighted by molar-refractivity contribution is 5.81. The molecule has 0 unspecified atom stereocenters. The van der Waals surface area contributed by atoms with Gasteiger partial charge in [-0.05, 0) is 69.3 Å². The molecule has 1 N–H and O–H groups in total. The SMILES string of the molecule is O=C(C1CC1)N1CCC(O)(Cn2cnc3c(cnn3-c3cccc(CN4CCCC4)c3)c2=O)CC1. The number of rotatable bonds is 6. The zero-order valence-electron chi connectivity index (χ0n) is 20.0. The number of aliphatic hydroxyl groups is 1. The second-order valence-electron chi connectivity index (χ2n) is 10.4. The van der Waals surface area contributed by atoms with Gasteiger partial charge in [0.1, 0.15) is 11.7 Å². The molecule has 0 bridgehead atoms. The number of hydrogen-bond donors (Lipinski definition) is 1. The lowest BCUT2D eigenvalue weighted by Crippen LogP contribution is -2.50. The molecule has 35 heavy (non-hydrogen) atoms. The summed E-state index contributed by atoms with van der Waals surface area (Å²) in [6, 6.07) is 8.23. The van der Waals surface area contributed by atoms with Crippen molar-refractivity contribution in [1.29, 1.82) is 0 Å². The number of piperidine rings is 1. The Balaban J connectivity index is 1.20. The predicted molar refractivity (Wildman–Crippen MR) is 131 cm³/mol. The molecule has 184 valence electrons. The molecule has 0 radical (unpaired) electrons. The molecular formula is C26H32N6O3. The zero-order valence-corrected chi connectivity index (χ0v) is 20.0. The largest absolute Gasteiger partial charge is 0.388 e. The Morgan fingerprint density at radius 1 is 1.11 bits per heavy atom. The van der Waals surface area contributed by atoms with Crippen LogP contribution in [0, 0.1) is 5.92 Å². The molecule has 1 aliphatic carbocycles. The molecule has 0 atom stereocenters. The second kappa shape index (κ2) is 8.87. The molecule has 1 saturated carbocycles. The Morgan fingerprint density at radius 2 is 1.89 bits per heavy atom. The first-order chi connectivity index (χ1) is 17.0. The molecule has 3 aliphatic rings. The summed E-state index contributed by atoms with van der Waals surface area (Å²) in [7, 11) is 0. The minimum absolute atomic E-state index is 0.163. The van der Waals surface area contributed by atoms with Crippen molar-refractivity contribution >= 4 is 16.9 Å². The third kappa shape index (κ3) is 4.50. The summed E-state index contributed by atoms with van der Waals surface area (Å²) in [5.74, 6) is 0.400. The van der Waals surface area contributed by atoms with Crippen LogP contribution < -0.4 is 5.56 Å². The van der Waals surface area contributed by atoms with Crippen molar-refractivity contribution < 1.29 is 9.90 Å². The van der Waals surface area contributed by atoms with Gasteiger partial charge in [0.2, 0.25) is 5.91 Å². The number of likely N-dealkylation sites (tertiary alicyclic amines) is 2. The smallest absolute Gasteiger partial charge is 0.264 e. The zero-order chi connectivity index (χ0) is 24.0. The van der Waals surface area contributed by atoms with Gasteiger partial charge in [-0.2, -0.15) is 5.10 Å². The van der Waals surface area contributed by atoms with Gasteiger partial charge in [0, 0.05) is 25.6 Å². The van der Waals surface area contributed by atoms with Crippen LogP contribution in [0.1, 0.15) is 44.1 Å². The molecule has 3 fully saturated rings. The Bertz CT molecular complexity index is 1300. The van der Waals surface area contributed by atoms with E-state index in [2.05, 4.69) is 27.1 Å². The van der Waals surface area contributed by atoms with Crippen molar-refractivity contribution in [2.45, 2.75) is 57.2 Å². The fourth-order valence-corrected chi connectivity index (χ4v) is 5.44. The highest BCUT2D eigenvalue weighted by atomic mass is 16.3. The number of hydrogen-bond acceptors (Lipinski definition) is 6. The molecule has 2 saturated heterocycles. The average Bonchev–Trinajstić information content (AvgIpc) is 3.41. The van der Waals surface area contributed by atoms with Crippen molar-refractivity contribution in [3.05, 3.63) is 52.7 Å². The van der Waals surface area contributed by atoms with Gasteiger partial charge in [-0.3, -0.25) is 19.1 Å². The number of aromatic nitrogens is 4. The van der Waals surface area contributed by atoms with E-state index in [1.54, 1.807) is 10.9 Å². The number of fused-ring (bicyclic) bond motifs is 1. The van der Waals surface area contributed by atoms with Gasteiger partial charge in [-0.1, -0.05) is 12.1 Å². The van der Waals surface area contributed by atoms with Crippen LogP contribution in [-0.4, -0.2) is 71.9 Å². The molecule has 6 rings (SSSR count). The van der Waals surface area contributed by atoms with Crippen molar-refractivity contribution in [3.8, 4) is 5.69 Å². The van der Waals surface area contributed by atoms with Crippen molar-refractivity contribution in [2.75, 3.05) is 26.2 Å². The van der Waals surface area contributed by atoms with Crippen LogP contribution in [-0.2, 0) is 17.9 Å². The van der Waals surface area contributed by atoms with E-state index in [-0.39, 0.29) is 23.9 Å². The fraction of sp³-hybridized carbons (Fsp3) is 0.538. The molecule has 4 heterocycles. The molecule has 0 spiro atoms. The van der Waals surface area contributed by atoms with Gasteiger partial charge in [-0.15, -0.1) is 0 Å². The summed E-state index contributed by atoms with van der Waals surface area (Å²) in [6.45, 7) is 4.41. The maximum atomic E-state index is 13.2. The monoisotopic (exact) mass is 476 g/mol. The Morgan fingerprint density at radius 3 is 2.63 bits per heavy atom. The number of carbonyl (C=O) groups is 1. The van der Waals surface area contributed by atoms with Crippen LogP contribution in [0.25, 0.3) is 16.7 Å². The van der Waals surface area contributed by atoms with Gasteiger partial charge in [0.25, 0.3) is 5.56 Å². The highest BCUT2D eigenvalue weighted by Gasteiger charge is 2.39. The maximum Gasteiger partial charge on any atom is 0.264 e. The summed E-state index contributed by atoms with van der Waals surface area (Å²) in [4.78, 5) is 34.4. The van der Waals surface area contributed by atoms with E-state index in [0.717, 1.165) is 38.2 Å². The molecule has 9 nitrogen and oxygen atoms in total.